The summed E-state index contributed by atoms with van der Waals surface area (Å²) in [5, 5.41) is 2.88. The van der Waals surface area contributed by atoms with E-state index in [1.54, 1.807) is 0 Å². The molecule has 1 amide bonds. The summed E-state index contributed by atoms with van der Waals surface area (Å²) in [5.74, 6) is 0.260. The molecule has 1 atom stereocenters. The number of nitrogens with one attached hydrogen (secondary N) is 1. The van der Waals surface area contributed by atoms with Gasteiger partial charge in [-0.05, 0) is 31.0 Å². The van der Waals surface area contributed by atoms with Crippen molar-refractivity contribution in [3.8, 4) is 0 Å². The van der Waals surface area contributed by atoms with Gasteiger partial charge in [0.25, 0.3) is 0 Å². The normalized spacial score (nSPS) is 12.2. The highest BCUT2D eigenvalue weighted by molar-refractivity contribution is 5.91. The summed E-state index contributed by atoms with van der Waals surface area (Å²) in [6, 6.07) is 7.74. The van der Waals surface area contributed by atoms with Crippen molar-refractivity contribution >= 4 is 11.6 Å². The fourth-order valence-corrected chi connectivity index (χ4v) is 1.31. The molecule has 1 aromatic carbocycles. The molecule has 0 heterocycles. The maximum atomic E-state index is 11.6. The number of para-hydroxylation sites is 1. The largest absolute Gasteiger partial charge is 0.330 e. The molecule has 0 saturated heterocycles. The Balaban J connectivity index is 2.55. The van der Waals surface area contributed by atoms with Gasteiger partial charge < -0.3 is 11.1 Å². The third-order valence-electron chi connectivity index (χ3n) is 2.36. The second-order valence-corrected chi connectivity index (χ2v) is 3.91. The smallest absolute Gasteiger partial charge is 0.224 e. The molecule has 0 aliphatic carbocycles. The molecule has 3 nitrogen and oxygen atoms in total. The van der Waals surface area contributed by atoms with Crippen molar-refractivity contribution in [3.63, 3.8) is 0 Å². The van der Waals surface area contributed by atoms with Crippen LogP contribution in [-0.2, 0) is 4.79 Å². The Bertz CT molecular complexity index is 336. The first-order chi connectivity index (χ1) is 7.13. The van der Waals surface area contributed by atoms with E-state index in [1.807, 2.05) is 38.1 Å². The summed E-state index contributed by atoms with van der Waals surface area (Å²) in [5.41, 5.74) is 7.42. The summed E-state index contributed by atoms with van der Waals surface area (Å²) in [7, 11) is 0. The van der Waals surface area contributed by atoms with Gasteiger partial charge in [0.1, 0.15) is 0 Å². The predicted octanol–water partition coefficient (Wildman–Crippen LogP) is 1.92. The van der Waals surface area contributed by atoms with E-state index in [9.17, 15) is 4.79 Å². The van der Waals surface area contributed by atoms with Gasteiger partial charge in [0.15, 0.2) is 0 Å². The SMILES string of the molecule is Cc1ccccc1NC(=O)CC(C)CN. The van der Waals surface area contributed by atoms with Crippen molar-refractivity contribution in [2.75, 3.05) is 11.9 Å². The van der Waals surface area contributed by atoms with Gasteiger partial charge in [-0.3, -0.25) is 4.79 Å². The number of benzene rings is 1. The average Bonchev–Trinajstić information content (AvgIpc) is 2.21. The Labute approximate surface area is 90.7 Å². The standard InChI is InChI=1S/C12H18N2O/c1-9(8-13)7-12(15)14-11-6-4-3-5-10(11)2/h3-6,9H,7-8,13H2,1-2H3,(H,14,15). The number of nitrogens with two attached hydrogens (primary N) is 1. The Kier molecular flexibility index (Phi) is 4.31. The third-order valence-corrected chi connectivity index (χ3v) is 2.36. The zero-order valence-electron chi connectivity index (χ0n) is 9.29. The summed E-state index contributed by atoms with van der Waals surface area (Å²) in [6.45, 7) is 4.49. The van der Waals surface area contributed by atoms with Crippen molar-refractivity contribution in [3.05, 3.63) is 29.8 Å². The Morgan fingerprint density at radius 3 is 2.73 bits per heavy atom. The van der Waals surface area contributed by atoms with Crippen LogP contribution >= 0.6 is 0 Å². The molecule has 0 bridgehead atoms. The van der Waals surface area contributed by atoms with Crippen molar-refractivity contribution in [1.82, 2.24) is 0 Å². The molecule has 1 aromatic rings. The molecule has 1 rings (SSSR count). The maximum absolute atomic E-state index is 11.6. The molecule has 0 spiro atoms. The van der Waals surface area contributed by atoms with E-state index in [2.05, 4.69) is 5.32 Å². The van der Waals surface area contributed by atoms with E-state index in [0.717, 1.165) is 11.3 Å². The lowest BCUT2D eigenvalue weighted by Gasteiger charge is -2.10. The molecule has 15 heavy (non-hydrogen) atoms. The Hall–Kier alpha value is -1.35. The van der Waals surface area contributed by atoms with Gasteiger partial charge in [0.05, 0.1) is 0 Å². The third kappa shape index (κ3) is 3.72. The van der Waals surface area contributed by atoms with Crippen molar-refractivity contribution < 1.29 is 4.79 Å². The van der Waals surface area contributed by atoms with Crippen LogP contribution in [0.1, 0.15) is 18.9 Å². The first-order valence-electron chi connectivity index (χ1n) is 5.19. The fourth-order valence-electron chi connectivity index (χ4n) is 1.31. The molecule has 0 radical (unpaired) electrons. The van der Waals surface area contributed by atoms with E-state index in [1.165, 1.54) is 0 Å². The lowest BCUT2D eigenvalue weighted by molar-refractivity contribution is -0.116. The molecular weight excluding hydrogens is 188 g/mol. The molecule has 3 heteroatoms. The lowest BCUT2D eigenvalue weighted by atomic mass is 10.1. The first-order valence-corrected chi connectivity index (χ1v) is 5.19. The van der Waals surface area contributed by atoms with E-state index in [-0.39, 0.29) is 11.8 Å². The minimum Gasteiger partial charge on any atom is -0.330 e. The molecular formula is C12H18N2O. The number of anilines is 1. The molecule has 0 fully saturated rings. The van der Waals surface area contributed by atoms with Gasteiger partial charge in [0, 0.05) is 12.1 Å². The summed E-state index contributed by atoms with van der Waals surface area (Å²) in [6.07, 6.45) is 0.477. The highest BCUT2D eigenvalue weighted by Gasteiger charge is 2.08. The number of amides is 1. The number of carbonyl (C=O) groups is 1. The highest BCUT2D eigenvalue weighted by Crippen LogP contribution is 2.14. The van der Waals surface area contributed by atoms with Crippen LogP contribution in [0, 0.1) is 12.8 Å². The van der Waals surface area contributed by atoms with Crippen LogP contribution in [-0.4, -0.2) is 12.5 Å². The Morgan fingerprint density at radius 1 is 1.47 bits per heavy atom. The maximum Gasteiger partial charge on any atom is 0.224 e. The van der Waals surface area contributed by atoms with E-state index >= 15 is 0 Å². The number of hydrogen-bond donors (Lipinski definition) is 2. The van der Waals surface area contributed by atoms with Crippen LogP contribution in [0.2, 0.25) is 0 Å². The first kappa shape index (κ1) is 11.7. The van der Waals surface area contributed by atoms with Crippen LogP contribution in [0.25, 0.3) is 0 Å². The average molecular weight is 206 g/mol. The van der Waals surface area contributed by atoms with Crippen molar-refractivity contribution in [1.29, 1.82) is 0 Å². The molecule has 0 aromatic heterocycles. The topological polar surface area (TPSA) is 55.1 Å². The summed E-state index contributed by atoms with van der Waals surface area (Å²) >= 11 is 0. The zero-order chi connectivity index (χ0) is 11.3. The zero-order valence-corrected chi connectivity index (χ0v) is 9.29. The van der Waals surface area contributed by atoms with E-state index in [4.69, 9.17) is 5.73 Å². The van der Waals surface area contributed by atoms with Crippen molar-refractivity contribution in [2.24, 2.45) is 11.7 Å². The number of rotatable bonds is 4. The number of hydrogen-bond acceptors (Lipinski definition) is 2. The van der Waals surface area contributed by atoms with Gasteiger partial charge in [-0.2, -0.15) is 0 Å². The van der Waals surface area contributed by atoms with Gasteiger partial charge in [-0.25, -0.2) is 0 Å². The molecule has 0 aliphatic heterocycles. The lowest BCUT2D eigenvalue weighted by Crippen LogP contribution is -2.20. The molecule has 3 N–H and O–H groups in total. The summed E-state index contributed by atoms with van der Waals surface area (Å²) in [4.78, 5) is 11.6. The van der Waals surface area contributed by atoms with Crippen LogP contribution in [0.15, 0.2) is 24.3 Å². The number of aryl methyl sites for hydroxylation is 1. The monoisotopic (exact) mass is 206 g/mol. The fraction of sp³-hybridized carbons (Fsp3) is 0.417. The minimum atomic E-state index is 0.0299. The van der Waals surface area contributed by atoms with Crippen LogP contribution in [0.5, 0.6) is 0 Å². The summed E-state index contributed by atoms with van der Waals surface area (Å²) < 4.78 is 0. The Morgan fingerprint density at radius 2 is 2.13 bits per heavy atom. The number of carbonyl (C=O) groups excluding carboxylic acids is 1. The predicted molar refractivity (Wildman–Crippen MR) is 62.6 cm³/mol. The van der Waals surface area contributed by atoms with Gasteiger partial charge in [-0.1, -0.05) is 25.1 Å². The molecule has 82 valence electrons. The molecule has 0 saturated carbocycles. The molecule has 0 aliphatic rings. The quantitative estimate of drug-likeness (QED) is 0.790. The van der Waals surface area contributed by atoms with Crippen LogP contribution in [0.3, 0.4) is 0 Å². The van der Waals surface area contributed by atoms with Gasteiger partial charge in [0.2, 0.25) is 5.91 Å². The van der Waals surface area contributed by atoms with E-state index in [0.29, 0.717) is 13.0 Å². The van der Waals surface area contributed by atoms with Gasteiger partial charge in [-0.15, -0.1) is 0 Å². The minimum absolute atomic E-state index is 0.0299. The van der Waals surface area contributed by atoms with Crippen LogP contribution in [0.4, 0.5) is 5.69 Å². The second-order valence-electron chi connectivity index (χ2n) is 3.91. The highest BCUT2D eigenvalue weighted by atomic mass is 16.1. The van der Waals surface area contributed by atoms with E-state index < -0.39 is 0 Å². The van der Waals surface area contributed by atoms with Gasteiger partial charge >= 0.3 is 0 Å². The molecule has 1 unspecified atom stereocenters. The van der Waals surface area contributed by atoms with Crippen molar-refractivity contribution in [2.45, 2.75) is 20.3 Å². The second kappa shape index (κ2) is 5.51. The van der Waals surface area contributed by atoms with Crippen LogP contribution < -0.4 is 11.1 Å².